The lowest BCUT2D eigenvalue weighted by Crippen LogP contribution is -2.47. The average Bonchev–Trinajstić information content (AvgIpc) is 3.43. The number of ether oxygens (including phenoxy) is 1. The van der Waals surface area contributed by atoms with Crippen LogP contribution in [0.4, 0.5) is 14.6 Å². The summed E-state index contributed by atoms with van der Waals surface area (Å²) in [6.45, 7) is 4.58. The molecule has 4 aromatic rings. The summed E-state index contributed by atoms with van der Waals surface area (Å²) in [6, 6.07) is 11.8. The average molecular weight is 558 g/mol. The first-order valence-electron chi connectivity index (χ1n) is 14.5. The molecule has 2 bridgehead atoms. The number of aromatic amines is 1. The zero-order valence-electron chi connectivity index (χ0n) is 23.0. The predicted molar refractivity (Wildman–Crippen MR) is 153 cm³/mol. The molecule has 2 aromatic heterocycles. The van der Waals surface area contributed by atoms with Gasteiger partial charge in [-0.3, -0.25) is 4.79 Å². The van der Waals surface area contributed by atoms with Crippen LogP contribution in [0.5, 0.6) is 0 Å². The number of rotatable bonds is 5. The van der Waals surface area contributed by atoms with Gasteiger partial charge in [0.1, 0.15) is 17.5 Å². The van der Waals surface area contributed by atoms with E-state index in [0.717, 1.165) is 17.5 Å². The molecule has 2 unspecified atom stereocenters. The topological polar surface area (TPSA) is 83.1 Å². The van der Waals surface area contributed by atoms with E-state index >= 15 is 0 Å². The van der Waals surface area contributed by atoms with Crippen molar-refractivity contribution in [2.24, 2.45) is 17.8 Å². The van der Waals surface area contributed by atoms with Crippen molar-refractivity contribution in [3.8, 4) is 22.6 Å². The molecule has 3 saturated carbocycles. The van der Waals surface area contributed by atoms with E-state index in [4.69, 9.17) is 14.7 Å². The standard InChI is InChI=1S/C32H33F2N5O2/c1-18-19-2-6-21(7-3-19)29(18)37-28-16-27(20-4-8-22(9-5-20)32(40)39-10-12-41-13-11-39)36-31(38-28)25-17-35-30-24(25)14-23(33)15-26(30)34/h4-5,8-9,14-19,21,29,35H,2-3,6-7,10-13H2,1H3,(H,36,37,38). The fourth-order valence-corrected chi connectivity index (χ4v) is 7.03. The number of aromatic nitrogens is 3. The van der Waals surface area contributed by atoms with E-state index in [9.17, 15) is 13.6 Å². The van der Waals surface area contributed by atoms with Crippen molar-refractivity contribution in [3.05, 3.63) is 65.9 Å². The molecule has 4 fully saturated rings. The van der Waals surface area contributed by atoms with Crippen LogP contribution in [0.15, 0.2) is 48.7 Å². The Bertz CT molecular complexity index is 1590. The van der Waals surface area contributed by atoms with Crippen molar-refractivity contribution in [1.29, 1.82) is 0 Å². The molecular weight excluding hydrogens is 524 g/mol. The maximum atomic E-state index is 14.5. The maximum Gasteiger partial charge on any atom is 0.254 e. The van der Waals surface area contributed by atoms with Gasteiger partial charge >= 0.3 is 0 Å². The molecule has 0 spiro atoms. The Hall–Kier alpha value is -3.85. The van der Waals surface area contributed by atoms with E-state index < -0.39 is 11.6 Å². The molecule has 3 heterocycles. The van der Waals surface area contributed by atoms with E-state index in [0.29, 0.717) is 78.0 Å². The summed E-state index contributed by atoms with van der Waals surface area (Å²) in [5, 5.41) is 4.13. The Balaban J connectivity index is 1.27. The molecule has 41 heavy (non-hydrogen) atoms. The number of hydrogen-bond acceptors (Lipinski definition) is 5. The highest BCUT2D eigenvalue weighted by Crippen LogP contribution is 2.46. The number of carbonyl (C=O) groups is 1. The number of anilines is 1. The Labute approximate surface area is 237 Å². The Morgan fingerprint density at radius 1 is 1.00 bits per heavy atom. The van der Waals surface area contributed by atoms with E-state index in [1.54, 1.807) is 11.1 Å². The van der Waals surface area contributed by atoms with Gasteiger partial charge in [0, 0.05) is 59.5 Å². The molecule has 2 N–H and O–H groups in total. The molecule has 212 valence electrons. The van der Waals surface area contributed by atoms with Gasteiger partial charge in [0.25, 0.3) is 5.91 Å². The number of fused-ring (bicyclic) bond motifs is 4. The smallest absolute Gasteiger partial charge is 0.254 e. The molecular formula is C32H33F2N5O2. The van der Waals surface area contributed by atoms with E-state index in [1.165, 1.54) is 31.7 Å². The predicted octanol–water partition coefficient (Wildman–Crippen LogP) is 6.28. The summed E-state index contributed by atoms with van der Waals surface area (Å²) < 4.78 is 34.1. The highest BCUT2D eigenvalue weighted by Gasteiger charge is 2.41. The first-order valence-corrected chi connectivity index (χ1v) is 14.5. The van der Waals surface area contributed by atoms with Crippen molar-refractivity contribution in [3.63, 3.8) is 0 Å². The van der Waals surface area contributed by atoms with Gasteiger partial charge in [-0.2, -0.15) is 0 Å². The molecule has 8 rings (SSSR count). The highest BCUT2D eigenvalue weighted by molar-refractivity contribution is 5.95. The molecule has 9 heteroatoms. The number of benzene rings is 2. The van der Waals surface area contributed by atoms with E-state index in [-0.39, 0.29) is 11.4 Å². The molecule has 0 radical (unpaired) electrons. The summed E-state index contributed by atoms with van der Waals surface area (Å²) in [7, 11) is 0. The van der Waals surface area contributed by atoms with Crippen LogP contribution in [0.2, 0.25) is 0 Å². The van der Waals surface area contributed by atoms with Crippen molar-refractivity contribution in [2.75, 3.05) is 31.6 Å². The molecule has 7 nitrogen and oxygen atoms in total. The summed E-state index contributed by atoms with van der Waals surface area (Å²) in [4.78, 5) is 27.4. The minimum atomic E-state index is -0.659. The number of halogens is 2. The third-order valence-corrected chi connectivity index (χ3v) is 9.35. The number of carbonyl (C=O) groups excluding carboxylic acids is 1. The van der Waals surface area contributed by atoms with Crippen LogP contribution >= 0.6 is 0 Å². The second-order valence-electron chi connectivity index (χ2n) is 11.7. The first kappa shape index (κ1) is 26.1. The van der Waals surface area contributed by atoms with Crippen LogP contribution < -0.4 is 5.32 Å². The number of nitrogens with zero attached hydrogens (tertiary/aromatic N) is 3. The third kappa shape index (κ3) is 4.86. The molecule has 2 aromatic carbocycles. The van der Waals surface area contributed by atoms with Crippen molar-refractivity contribution >= 4 is 22.6 Å². The Morgan fingerprint density at radius 3 is 2.46 bits per heavy atom. The van der Waals surface area contributed by atoms with Gasteiger partial charge in [-0.15, -0.1) is 0 Å². The van der Waals surface area contributed by atoms with Gasteiger partial charge in [0.2, 0.25) is 0 Å². The molecule has 2 atom stereocenters. The number of H-pyrrole nitrogens is 1. The van der Waals surface area contributed by atoms with Crippen LogP contribution in [-0.4, -0.2) is 58.1 Å². The summed E-state index contributed by atoms with van der Waals surface area (Å²) in [5.41, 5.74) is 2.85. The lowest BCUT2D eigenvalue weighted by molar-refractivity contribution is 0.0303. The fourth-order valence-electron chi connectivity index (χ4n) is 7.03. The lowest BCUT2D eigenvalue weighted by atomic mass is 9.62. The van der Waals surface area contributed by atoms with Gasteiger partial charge in [0.15, 0.2) is 5.82 Å². The number of nitrogens with one attached hydrogen (secondary N) is 2. The monoisotopic (exact) mass is 557 g/mol. The van der Waals surface area contributed by atoms with Crippen LogP contribution in [0.25, 0.3) is 33.5 Å². The highest BCUT2D eigenvalue weighted by atomic mass is 19.1. The van der Waals surface area contributed by atoms with Gasteiger partial charge in [0.05, 0.1) is 24.4 Å². The second kappa shape index (κ2) is 10.5. The van der Waals surface area contributed by atoms with Crippen LogP contribution in [-0.2, 0) is 4.74 Å². The maximum absolute atomic E-state index is 14.5. The molecule has 1 aliphatic heterocycles. The largest absolute Gasteiger partial charge is 0.378 e. The van der Waals surface area contributed by atoms with Gasteiger partial charge in [-0.05, 0) is 61.6 Å². The van der Waals surface area contributed by atoms with Crippen LogP contribution in [0.1, 0.15) is 43.0 Å². The Morgan fingerprint density at radius 2 is 1.73 bits per heavy atom. The lowest BCUT2D eigenvalue weighted by Gasteiger charge is -2.47. The molecule has 4 aliphatic rings. The molecule has 3 aliphatic carbocycles. The van der Waals surface area contributed by atoms with E-state index in [2.05, 4.69) is 17.2 Å². The Kier molecular flexibility index (Phi) is 6.69. The summed E-state index contributed by atoms with van der Waals surface area (Å²) in [5.74, 6) is 1.58. The number of morpholine rings is 1. The summed E-state index contributed by atoms with van der Waals surface area (Å²) >= 11 is 0. The zero-order chi connectivity index (χ0) is 28.1. The molecule has 1 saturated heterocycles. The number of amides is 1. The van der Waals surface area contributed by atoms with Crippen LogP contribution in [0.3, 0.4) is 0 Å². The minimum absolute atomic E-state index is 0.0187. The minimum Gasteiger partial charge on any atom is -0.378 e. The normalized spacial score (nSPS) is 24.1. The quantitative estimate of drug-likeness (QED) is 0.302. The van der Waals surface area contributed by atoms with E-state index in [1.807, 2.05) is 30.3 Å². The second-order valence-corrected chi connectivity index (χ2v) is 11.7. The van der Waals surface area contributed by atoms with Crippen molar-refractivity contribution < 1.29 is 18.3 Å². The SMILES string of the molecule is CC1C2CCC(CC2)C1Nc1cc(-c2ccc(C(=O)N3CCOCC3)cc2)nc(-c2c[nH]c3c(F)cc(F)cc23)n1. The third-order valence-electron chi connectivity index (χ3n) is 9.35. The molecule has 1 amide bonds. The summed E-state index contributed by atoms with van der Waals surface area (Å²) in [6.07, 6.45) is 6.64. The fraction of sp³-hybridized carbons (Fsp3) is 0.406. The zero-order valence-corrected chi connectivity index (χ0v) is 23.0. The van der Waals surface area contributed by atoms with Gasteiger partial charge in [-0.1, -0.05) is 19.1 Å². The van der Waals surface area contributed by atoms with Crippen molar-refractivity contribution in [1.82, 2.24) is 19.9 Å². The van der Waals surface area contributed by atoms with Gasteiger partial charge in [-0.25, -0.2) is 18.7 Å². The first-order chi connectivity index (χ1) is 19.9. The van der Waals surface area contributed by atoms with Crippen LogP contribution in [0, 0.1) is 29.4 Å². The van der Waals surface area contributed by atoms with Crippen molar-refractivity contribution in [2.45, 2.75) is 38.6 Å². The van der Waals surface area contributed by atoms with Gasteiger partial charge < -0.3 is 19.9 Å². The number of hydrogen-bond donors (Lipinski definition) is 2.